The quantitative estimate of drug-likeness (QED) is 0.861. The van der Waals surface area contributed by atoms with Gasteiger partial charge < -0.3 is 14.8 Å². The van der Waals surface area contributed by atoms with Crippen molar-refractivity contribution in [3.05, 3.63) is 59.2 Å². The minimum absolute atomic E-state index is 0.539. The van der Waals surface area contributed by atoms with Crippen molar-refractivity contribution in [1.29, 1.82) is 0 Å². The van der Waals surface area contributed by atoms with Gasteiger partial charge in [0, 0.05) is 12.6 Å². The Morgan fingerprint density at radius 2 is 1.78 bits per heavy atom. The number of ether oxygens (including phenoxy) is 2. The highest BCUT2D eigenvalue weighted by Crippen LogP contribution is 2.34. The van der Waals surface area contributed by atoms with E-state index in [1.807, 2.05) is 6.07 Å². The Morgan fingerprint density at radius 3 is 2.61 bits per heavy atom. The summed E-state index contributed by atoms with van der Waals surface area (Å²) in [6, 6.07) is 15.5. The van der Waals surface area contributed by atoms with Gasteiger partial charge in [0.1, 0.15) is 6.61 Å². The monoisotopic (exact) mass is 309 g/mol. The maximum absolute atomic E-state index is 5.95. The topological polar surface area (TPSA) is 30.5 Å². The summed E-state index contributed by atoms with van der Waals surface area (Å²) in [6.07, 6.45) is 4.44. The van der Waals surface area contributed by atoms with Crippen molar-refractivity contribution in [3.63, 3.8) is 0 Å². The Morgan fingerprint density at radius 1 is 1.00 bits per heavy atom. The molecular formula is C20H23NO2. The number of hydrogen-bond donors (Lipinski definition) is 1. The third kappa shape index (κ3) is 3.20. The number of hydrogen-bond acceptors (Lipinski definition) is 3. The van der Waals surface area contributed by atoms with Crippen molar-refractivity contribution in [2.75, 3.05) is 19.8 Å². The number of aryl methyl sites for hydroxylation is 1. The lowest BCUT2D eigenvalue weighted by atomic mass is 10.1. The first-order chi connectivity index (χ1) is 11.4. The fourth-order valence-corrected chi connectivity index (χ4v) is 3.60. The smallest absolute Gasteiger partial charge is 0.164 e. The van der Waals surface area contributed by atoms with Crippen molar-refractivity contribution < 1.29 is 9.47 Å². The standard InChI is InChI=1S/C20H23NO2/c1-2-6-17-14-18(13-16(17)5-1)21-10-12-22-19-9-3-7-15-8-4-11-23-20(15)19/h1-3,5-7,9,18,21H,4,8,10-14H2. The molecule has 0 unspecified atom stereocenters. The second-order valence-corrected chi connectivity index (χ2v) is 6.37. The highest BCUT2D eigenvalue weighted by atomic mass is 16.5. The SMILES string of the molecule is c1ccc2c(c1)CC(NCCOc1cccc3c1OCCC3)C2. The Balaban J connectivity index is 1.27. The van der Waals surface area contributed by atoms with E-state index < -0.39 is 0 Å². The third-order valence-electron chi connectivity index (χ3n) is 4.74. The minimum Gasteiger partial charge on any atom is -0.489 e. The highest BCUT2D eigenvalue weighted by molar-refractivity contribution is 5.47. The molecule has 120 valence electrons. The van der Waals surface area contributed by atoms with Crippen molar-refractivity contribution in [2.24, 2.45) is 0 Å². The molecule has 2 aromatic rings. The van der Waals surface area contributed by atoms with Crippen molar-refractivity contribution in [1.82, 2.24) is 5.32 Å². The van der Waals surface area contributed by atoms with Gasteiger partial charge in [0.25, 0.3) is 0 Å². The maximum atomic E-state index is 5.95. The van der Waals surface area contributed by atoms with Gasteiger partial charge in [0.05, 0.1) is 6.61 Å². The molecule has 1 aliphatic heterocycles. The van der Waals surface area contributed by atoms with Crippen molar-refractivity contribution in [3.8, 4) is 11.5 Å². The molecule has 3 heteroatoms. The number of benzene rings is 2. The number of rotatable bonds is 5. The molecule has 3 nitrogen and oxygen atoms in total. The van der Waals surface area contributed by atoms with Crippen LogP contribution in [0.25, 0.3) is 0 Å². The zero-order valence-electron chi connectivity index (χ0n) is 13.4. The lowest BCUT2D eigenvalue weighted by molar-refractivity contribution is 0.249. The number of nitrogens with one attached hydrogen (secondary N) is 1. The Labute approximate surface area is 137 Å². The molecule has 0 amide bonds. The Kier molecular flexibility index (Phi) is 4.20. The normalized spacial score (nSPS) is 16.5. The molecule has 4 rings (SSSR count). The van der Waals surface area contributed by atoms with E-state index in [1.165, 1.54) is 16.7 Å². The van der Waals surface area contributed by atoms with Crippen LogP contribution in [0.4, 0.5) is 0 Å². The van der Waals surface area contributed by atoms with Gasteiger partial charge in [0.2, 0.25) is 0 Å². The van der Waals surface area contributed by atoms with Crippen LogP contribution >= 0.6 is 0 Å². The van der Waals surface area contributed by atoms with E-state index in [0.29, 0.717) is 12.6 Å². The summed E-state index contributed by atoms with van der Waals surface area (Å²) in [7, 11) is 0. The van der Waals surface area contributed by atoms with Gasteiger partial charge in [-0.1, -0.05) is 36.4 Å². The fourth-order valence-electron chi connectivity index (χ4n) is 3.60. The first kappa shape index (κ1) is 14.6. The van der Waals surface area contributed by atoms with E-state index in [4.69, 9.17) is 9.47 Å². The van der Waals surface area contributed by atoms with Crippen LogP contribution in [0, 0.1) is 0 Å². The van der Waals surface area contributed by atoms with Gasteiger partial charge in [-0.2, -0.15) is 0 Å². The van der Waals surface area contributed by atoms with Gasteiger partial charge >= 0.3 is 0 Å². The molecule has 1 N–H and O–H groups in total. The predicted molar refractivity (Wildman–Crippen MR) is 91.4 cm³/mol. The van der Waals surface area contributed by atoms with Crippen LogP contribution < -0.4 is 14.8 Å². The molecule has 23 heavy (non-hydrogen) atoms. The van der Waals surface area contributed by atoms with E-state index in [0.717, 1.165) is 50.3 Å². The van der Waals surface area contributed by atoms with Crippen LogP contribution in [0.3, 0.4) is 0 Å². The summed E-state index contributed by atoms with van der Waals surface area (Å²) >= 11 is 0. The fraction of sp³-hybridized carbons (Fsp3) is 0.400. The second kappa shape index (κ2) is 6.63. The van der Waals surface area contributed by atoms with Gasteiger partial charge in [-0.25, -0.2) is 0 Å². The van der Waals surface area contributed by atoms with Crippen molar-refractivity contribution >= 4 is 0 Å². The first-order valence-corrected chi connectivity index (χ1v) is 8.58. The molecule has 2 aromatic carbocycles. The molecule has 0 atom stereocenters. The maximum Gasteiger partial charge on any atom is 0.164 e. The minimum atomic E-state index is 0.539. The van der Waals surface area contributed by atoms with E-state index in [9.17, 15) is 0 Å². The van der Waals surface area contributed by atoms with Crippen LogP contribution in [0.2, 0.25) is 0 Å². The molecule has 0 saturated carbocycles. The molecular weight excluding hydrogens is 286 g/mol. The number of para-hydroxylation sites is 1. The molecule has 0 saturated heterocycles. The van der Waals surface area contributed by atoms with Crippen LogP contribution in [-0.4, -0.2) is 25.8 Å². The van der Waals surface area contributed by atoms with Gasteiger partial charge in [0.15, 0.2) is 11.5 Å². The zero-order valence-corrected chi connectivity index (χ0v) is 13.4. The van der Waals surface area contributed by atoms with Gasteiger partial charge in [-0.3, -0.25) is 0 Å². The van der Waals surface area contributed by atoms with Crippen LogP contribution in [0.15, 0.2) is 42.5 Å². The summed E-state index contributed by atoms with van der Waals surface area (Å²) in [5.41, 5.74) is 4.24. The van der Waals surface area contributed by atoms with Gasteiger partial charge in [-0.05, 0) is 48.4 Å². The summed E-state index contributed by atoms with van der Waals surface area (Å²) in [6.45, 7) is 2.33. The summed E-state index contributed by atoms with van der Waals surface area (Å²) in [5.74, 6) is 1.84. The molecule has 1 aliphatic carbocycles. The van der Waals surface area contributed by atoms with Crippen LogP contribution in [0.5, 0.6) is 11.5 Å². The largest absolute Gasteiger partial charge is 0.489 e. The van der Waals surface area contributed by atoms with E-state index in [2.05, 4.69) is 41.7 Å². The predicted octanol–water partition coefficient (Wildman–Crippen LogP) is 3.15. The Bertz CT molecular complexity index is 658. The van der Waals surface area contributed by atoms with Gasteiger partial charge in [-0.15, -0.1) is 0 Å². The molecule has 0 radical (unpaired) electrons. The van der Waals surface area contributed by atoms with E-state index in [-0.39, 0.29) is 0 Å². The first-order valence-electron chi connectivity index (χ1n) is 8.58. The summed E-state index contributed by atoms with van der Waals surface area (Å²) in [5, 5.41) is 3.61. The zero-order chi connectivity index (χ0) is 15.5. The summed E-state index contributed by atoms with van der Waals surface area (Å²) < 4.78 is 11.7. The van der Waals surface area contributed by atoms with E-state index in [1.54, 1.807) is 0 Å². The Hall–Kier alpha value is -2.00. The molecule has 2 aliphatic rings. The molecule has 1 heterocycles. The lowest BCUT2D eigenvalue weighted by Gasteiger charge is -2.20. The van der Waals surface area contributed by atoms with Crippen LogP contribution in [0.1, 0.15) is 23.1 Å². The number of fused-ring (bicyclic) bond motifs is 2. The second-order valence-electron chi connectivity index (χ2n) is 6.37. The molecule has 0 aromatic heterocycles. The average Bonchev–Trinajstić information content (AvgIpc) is 3.01. The highest BCUT2D eigenvalue weighted by Gasteiger charge is 2.20. The van der Waals surface area contributed by atoms with Crippen molar-refractivity contribution in [2.45, 2.75) is 31.7 Å². The molecule has 0 bridgehead atoms. The average molecular weight is 309 g/mol. The van der Waals surface area contributed by atoms with Crippen LogP contribution in [-0.2, 0) is 19.3 Å². The lowest BCUT2D eigenvalue weighted by Crippen LogP contribution is -2.33. The molecule has 0 fully saturated rings. The van der Waals surface area contributed by atoms with E-state index >= 15 is 0 Å². The third-order valence-corrected chi connectivity index (χ3v) is 4.74. The summed E-state index contributed by atoms with van der Waals surface area (Å²) in [4.78, 5) is 0. The molecule has 0 spiro atoms.